The summed E-state index contributed by atoms with van der Waals surface area (Å²) in [5, 5.41) is 0. The molecule has 0 saturated carbocycles. The number of carbonyl (C=O) groups is 1. The Morgan fingerprint density at radius 2 is 2.00 bits per heavy atom. The zero-order valence-corrected chi connectivity index (χ0v) is 12.9. The first-order chi connectivity index (χ1) is 9.19. The number of carbonyl (C=O) groups excluding carboxylic acids is 1. The lowest BCUT2D eigenvalue weighted by Crippen LogP contribution is -2.08. The lowest BCUT2D eigenvalue weighted by Gasteiger charge is -2.12. The monoisotopic (exact) mass is 330 g/mol. The lowest BCUT2D eigenvalue weighted by molar-refractivity contribution is 0.0643. The molecule has 0 N–H and O–H groups in total. The Morgan fingerprint density at radius 3 is 2.68 bits per heavy atom. The van der Waals surface area contributed by atoms with Gasteiger partial charge < -0.3 is 14.2 Å². The Balaban J connectivity index is 2.39. The van der Waals surface area contributed by atoms with Crippen molar-refractivity contribution in [3.63, 3.8) is 0 Å². The highest BCUT2D eigenvalue weighted by molar-refractivity contribution is 9.10. The molecule has 1 rings (SSSR count). The average molecular weight is 331 g/mol. The summed E-state index contributed by atoms with van der Waals surface area (Å²) < 4.78 is 16.7. The molecule has 19 heavy (non-hydrogen) atoms. The van der Waals surface area contributed by atoms with Crippen LogP contribution in [0.3, 0.4) is 0 Å². The summed E-state index contributed by atoms with van der Waals surface area (Å²) in [7, 11) is 1.64. The van der Waals surface area contributed by atoms with Gasteiger partial charge in [0.2, 0.25) is 0 Å². The smallest absolute Gasteiger partial charge is 0.153 e. The van der Waals surface area contributed by atoms with Gasteiger partial charge in [-0.15, -0.1) is 0 Å². The van der Waals surface area contributed by atoms with Gasteiger partial charge in [0, 0.05) is 24.6 Å². The van der Waals surface area contributed by atoms with Crippen LogP contribution < -0.4 is 4.74 Å². The topological polar surface area (TPSA) is 44.8 Å². The van der Waals surface area contributed by atoms with E-state index in [1.54, 1.807) is 13.2 Å². The number of hydrogen-bond donors (Lipinski definition) is 0. The molecule has 0 radical (unpaired) electrons. The van der Waals surface area contributed by atoms with Gasteiger partial charge in [-0.25, -0.2) is 0 Å². The van der Waals surface area contributed by atoms with Crippen molar-refractivity contribution in [1.29, 1.82) is 0 Å². The average Bonchev–Trinajstić information content (AvgIpc) is 2.39. The molecule has 5 heteroatoms. The number of benzene rings is 1. The summed E-state index contributed by atoms with van der Waals surface area (Å²) in [4.78, 5) is 11.0. The number of halogens is 1. The molecule has 0 heterocycles. The molecule has 1 aromatic carbocycles. The fraction of sp³-hybridized carbons (Fsp3) is 0.500. The van der Waals surface area contributed by atoms with Crippen molar-refractivity contribution in [3.05, 3.63) is 27.7 Å². The van der Waals surface area contributed by atoms with E-state index < -0.39 is 0 Å². The summed E-state index contributed by atoms with van der Waals surface area (Å²) in [5.41, 5.74) is 1.50. The Labute approximate surface area is 122 Å². The fourth-order valence-corrected chi connectivity index (χ4v) is 2.21. The first kappa shape index (κ1) is 16.1. The second kappa shape index (κ2) is 9.07. The van der Waals surface area contributed by atoms with Gasteiger partial charge in [-0.3, -0.25) is 4.79 Å². The maximum atomic E-state index is 11.0. The van der Waals surface area contributed by atoms with Crippen LogP contribution in [0.15, 0.2) is 16.6 Å². The number of rotatable bonds is 9. The molecule has 4 nitrogen and oxygen atoms in total. The van der Waals surface area contributed by atoms with Crippen LogP contribution in [0.1, 0.15) is 22.3 Å². The molecule has 0 aliphatic rings. The number of aryl methyl sites for hydroxylation is 1. The third kappa shape index (κ3) is 5.72. The van der Waals surface area contributed by atoms with E-state index in [-0.39, 0.29) is 0 Å². The molecule has 0 aromatic heterocycles. The van der Waals surface area contributed by atoms with E-state index in [2.05, 4.69) is 15.9 Å². The molecule has 1 aromatic rings. The standard InChI is InChI=1S/C14H19BrO4/c1-11-8-13(15)9-12(10-16)14(11)19-5-3-4-18-7-6-17-2/h8-10H,3-7H2,1-2H3. The van der Waals surface area contributed by atoms with Crippen LogP contribution >= 0.6 is 15.9 Å². The molecule has 0 bridgehead atoms. The number of methoxy groups -OCH3 is 1. The molecule has 0 aliphatic heterocycles. The number of ether oxygens (including phenoxy) is 3. The van der Waals surface area contributed by atoms with Crippen molar-refractivity contribution in [2.75, 3.05) is 33.5 Å². The summed E-state index contributed by atoms with van der Waals surface area (Å²) in [6.07, 6.45) is 1.58. The Hall–Kier alpha value is -0.910. The van der Waals surface area contributed by atoms with Crippen LogP contribution in [0.4, 0.5) is 0 Å². The molecule has 0 unspecified atom stereocenters. The third-order valence-corrected chi connectivity index (χ3v) is 2.96. The van der Waals surface area contributed by atoms with Crippen LogP contribution in [-0.4, -0.2) is 39.8 Å². The summed E-state index contributed by atoms with van der Waals surface area (Å²) >= 11 is 3.36. The highest BCUT2D eigenvalue weighted by atomic mass is 79.9. The first-order valence-electron chi connectivity index (χ1n) is 6.14. The van der Waals surface area contributed by atoms with Crippen molar-refractivity contribution in [3.8, 4) is 5.75 Å². The largest absolute Gasteiger partial charge is 0.492 e. The van der Waals surface area contributed by atoms with Crippen LogP contribution in [0.2, 0.25) is 0 Å². The van der Waals surface area contributed by atoms with Crippen molar-refractivity contribution in [2.24, 2.45) is 0 Å². The van der Waals surface area contributed by atoms with E-state index in [4.69, 9.17) is 14.2 Å². The van der Waals surface area contributed by atoms with Gasteiger partial charge in [0.05, 0.1) is 25.4 Å². The molecule has 0 atom stereocenters. The van der Waals surface area contributed by atoms with E-state index in [1.165, 1.54) is 0 Å². The Kier molecular flexibility index (Phi) is 7.70. The van der Waals surface area contributed by atoms with Crippen LogP contribution in [0.25, 0.3) is 0 Å². The van der Waals surface area contributed by atoms with Crippen molar-refractivity contribution in [2.45, 2.75) is 13.3 Å². The first-order valence-corrected chi connectivity index (χ1v) is 6.93. The highest BCUT2D eigenvalue weighted by Gasteiger charge is 2.08. The minimum absolute atomic E-state index is 0.524. The van der Waals surface area contributed by atoms with Crippen molar-refractivity contribution in [1.82, 2.24) is 0 Å². The molecule has 0 spiro atoms. The lowest BCUT2D eigenvalue weighted by atomic mass is 10.1. The number of aldehydes is 1. The molecular weight excluding hydrogens is 312 g/mol. The third-order valence-electron chi connectivity index (χ3n) is 2.51. The Bertz CT molecular complexity index is 407. The number of hydrogen-bond acceptors (Lipinski definition) is 4. The van der Waals surface area contributed by atoms with Gasteiger partial charge in [0.15, 0.2) is 6.29 Å². The second-order valence-corrected chi connectivity index (χ2v) is 4.98. The maximum Gasteiger partial charge on any atom is 0.153 e. The van der Waals surface area contributed by atoms with E-state index in [9.17, 15) is 4.79 Å². The van der Waals surface area contributed by atoms with Gasteiger partial charge in [-0.05, 0) is 24.6 Å². The molecule has 106 valence electrons. The van der Waals surface area contributed by atoms with Crippen molar-refractivity contribution >= 4 is 22.2 Å². The van der Waals surface area contributed by atoms with E-state index >= 15 is 0 Å². The van der Waals surface area contributed by atoms with Gasteiger partial charge in [-0.2, -0.15) is 0 Å². The van der Waals surface area contributed by atoms with Gasteiger partial charge >= 0.3 is 0 Å². The summed E-state index contributed by atoms with van der Waals surface area (Å²) in [6, 6.07) is 3.68. The minimum Gasteiger partial charge on any atom is -0.492 e. The molecule has 0 saturated heterocycles. The minimum atomic E-state index is 0.524. The molecule has 0 amide bonds. The fourth-order valence-electron chi connectivity index (χ4n) is 1.62. The van der Waals surface area contributed by atoms with Crippen LogP contribution in [0.5, 0.6) is 5.75 Å². The summed E-state index contributed by atoms with van der Waals surface area (Å²) in [6.45, 7) is 4.25. The van der Waals surface area contributed by atoms with Gasteiger partial charge in [-0.1, -0.05) is 15.9 Å². The predicted octanol–water partition coefficient (Wildman–Crippen LogP) is 3.00. The predicted molar refractivity (Wildman–Crippen MR) is 77.1 cm³/mol. The maximum absolute atomic E-state index is 11.0. The second-order valence-electron chi connectivity index (χ2n) is 4.07. The van der Waals surface area contributed by atoms with Gasteiger partial charge in [0.1, 0.15) is 5.75 Å². The van der Waals surface area contributed by atoms with Crippen LogP contribution in [-0.2, 0) is 9.47 Å². The normalized spacial score (nSPS) is 10.5. The zero-order chi connectivity index (χ0) is 14.1. The molecule has 0 aliphatic carbocycles. The van der Waals surface area contributed by atoms with E-state index in [0.29, 0.717) is 37.7 Å². The van der Waals surface area contributed by atoms with Crippen molar-refractivity contribution < 1.29 is 19.0 Å². The summed E-state index contributed by atoms with van der Waals surface area (Å²) in [5.74, 6) is 0.648. The van der Waals surface area contributed by atoms with Crippen LogP contribution in [0, 0.1) is 6.92 Å². The molecular formula is C14H19BrO4. The zero-order valence-electron chi connectivity index (χ0n) is 11.3. The highest BCUT2D eigenvalue weighted by Crippen LogP contribution is 2.26. The SMILES string of the molecule is COCCOCCCOc1c(C)cc(Br)cc1C=O. The Morgan fingerprint density at radius 1 is 1.21 bits per heavy atom. The van der Waals surface area contributed by atoms with Gasteiger partial charge in [0.25, 0.3) is 0 Å². The van der Waals surface area contributed by atoms with E-state index in [1.807, 2.05) is 13.0 Å². The molecule has 0 fully saturated rings. The van der Waals surface area contributed by atoms with E-state index in [0.717, 1.165) is 22.7 Å². The quantitative estimate of drug-likeness (QED) is 0.515.